The van der Waals surface area contributed by atoms with E-state index in [4.69, 9.17) is 9.47 Å². The van der Waals surface area contributed by atoms with Gasteiger partial charge in [0, 0.05) is 18.7 Å². The van der Waals surface area contributed by atoms with Crippen LogP contribution >= 0.6 is 0 Å². The van der Waals surface area contributed by atoms with Crippen molar-refractivity contribution in [1.82, 2.24) is 19.9 Å². The number of halogens is 2. The Bertz CT molecular complexity index is 1480. The largest absolute Gasteiger partial charge is 0.497 e. The number of fused-ring (bicyclic) bond motifs is 1. The van der Waals surface area contributed by atoms with E-state index in [-0.39, 0.29) is 28.8 Å². The molecule has 4 aromatic rings. The first-order chi connectivity index (χ1) is 17.5. The molecule has 0 saturated carbocycles. The van der Waals surface area contributed by atoms with Crippen LogP contribution in [0.2, 0.25) is 0 Å². The van der Waals surface area contributed by atoms with Gasteiger partial charge in [-0.15, -0.1) is 0 Å². The first-order valence-corrected chi connectivity index (χ1v) is 11.5. The maximum Gasteiger partial charge on any atom is 0.408 e. The lowest BCUT2D eigenvalue weighted by molar-refractivity contribution is 0.0500. The van der Waals surface area contributed by atoms with Crippen LogP contribution in [0.1, 0.15) is 38.2 Å². The zero-order chi connectivity index (χ0) is 26.7. The van der Waals surface area contributed by atoms with E-state index in [1.165, 1.54) is 17.9 Å². The van der Waals surface area contributed by atoms with Crippen LogP contribution in [-0.2, 0) is 11.2 Å². The van der Waals surface area contributed by atoms with Crippen molar-refractivity contribution >= 4 is 17.1 Å². The number of ether oxygens (including phenoxy) is 2. The minimum atomic E-state index is -1.02. The number of alkyl carbamates (subject to hydrolysis) is 1. The second kappa shape index (κ2) is 10.3. The SMILES string of the molecule is COc1ccc(-n2c([C@H](Cc3cc(F)cc(F)c3)NC(=O)OC(C)(C)C)nc3ncccc3c2=O)cc1. The van der Waals surface area contributed by atoms with Crippen molar-refractivity contribution in [2.24, 2.45) is 0 Å². The number of carbonyl (C=O) groups is 1. The summed E-state index contributed by atoms with van der Waals surface area (Å²) < 4.78 is 40.0. The number of hydrogen-bond acceptors (Lipinski definition) is 6. The molecule has 192 valence electrons. The molecule has 0 radical (unpaired) electrons. The molecule has 4 rings (SSSR count). The topological polar surface area (TPSA) is 95.3 Å². The van der Waals surface area contributed by atoms with Crippen molar-refractivity contribution in [2.45, 2.75) is 38.8 Å². The fourth-order valence-electron chi connectivity index (χ4n) is 3.87. The average Bonchev–Trinajstić information content (AvgIpc) is 2.82. The Morgan fingerprint density at radius 1 is 1.08 bits per heavy atom. The van der Waals surface area contributed by atoms with Crippen molar-refractivity contribution in [3.05, 3.63) is 94.2 Å². The minimum absolute atomic E-state index is 0.0884. The first kappa shape index (κ1) is 25.7. The molecule has 10 heteroatoms. The number of hydrogen-bond donors (Lipinski definition) is 1. The summed E-state index contributed by atoms with van der Waals surface area (Å²) in [7, 11) is 1.52. The molecule has 2 aromatic carbocycles. The van der Waals surface area contributed by atoms with Crippen LogP contribution in [0.15, 0.2) is 65.6 Å². The van der Waals surface area contributed by atoms with Crippen LogP contribution < -0.4 is 15.6 Å². The summed E-state index contributed by atoms with van der Waals surface area (Å²) in [6.45, 7) is 5.11. The number of pyridine rings is 1. The molecular formula is C27H26F2N4O4. The molecule has 2 heterocycles. The van der Waals surface area contributed by atoms with E-state index in [9.17, 15) is 18.4 Å². The smallest absolute Gasteiger partial charge is 0.408 e. The summed E-state index contributed by atoms with van der Waals surface area (Å²) in [5.41, 5.74) is -0.391. The fraction of sp³-hybridized carbons (Fsp3) is 0.259. The van der Waals surface area contributed by atoms with E-state index in [1.807, 2.05) is 0 Å². The molecule has 8 nitrogen and oxygen atoms in total. The zero-order valence-corrected chi connectivity index (χ0v) is 20.8. The number of nitrogens with one attached hydrogen (secondary N) is 1. The molecule has 37 heavy (non-hydrogen) atoms. The van der Waals surface area contributed by atoms with Gasteiger partial charge in [0.25, 0.3) is 5.56 Å². The molecule has 0 spiro atoms. The van der Waals surface area contributed by atoms with Gasteiger partial charge in [0.15, 0.2) is 5.65 Å². The summed E-state index contributed by atoms with van der Waals surface area (Å²) in [4.78, 5) is 35.3. The van der Waals surface area contributed by atoms with Crippen molar-refractivity contribution in [1.29, 1.82) is 0 Å². The van der Waals surface area contributed by atoms with Crippen molar-refractivity contribution < 1.29 is 23.0 Å². The monoisotopic (exact) mass is 508 g/mol. The molecule has 0 aliphatic carbocycles. The normalized spacial score (nSPS) is 12.3. The molecule has 1 N–H and O–H groups in total. The number of methoxy groups -OCH3 is 1. The van der Waals surface area contributed by atoms with E-state index < -0.39 is 34.9 Å². The van der Waals surface area contributed by atoms with Crippen LogP contribution in [0.3, 0.4) is 0 Å². The van der Waals surface area contributed by atoms with Crippen LogP contribution in [0.5, 0.6) is 5.75 Å². The Morgan fingerprint density at radius 2 is 1.76 bits per heavy atom. The predicted octanol–water partition coefficient (Wildman–Crippen LogP) is 4.88. The highest BCUT2D eigenvalue weighted by atomic mass is 19.1. The maximum absolute atomic E-state index is 14.0. The van der Waals surface area contributed by atoms with Crippen molar-refractivity contribution in [3.63, 3.8) is 0 Å². The first-order valence-electron chi connectivity index (χ1n) is 11.5. The average molecular weight is 509 g/mol. The van der Waals surface area contributed by atoms with Crippen LogP contribution in [0.4, 0.5) is 13.6 Å². The number of aromatic nitrogens is 3. The third kappa shape index (κ3) is 6.08. The highest BCUT2D eigenvalue weighted by Gasteiger charge is 2.27. The van der Waals surface area contributed by atoms with Gasteiger partial charge in [0.05, 0.1) is 24.2 Å². The van der Waals surface area contributed by atoms with Crippen LogP contribution in [-0.4, -0.2) is 33.3 Å². The molecule has 0 saturated heterocycles. The summed E-state index contributed by atoms with van der Waals surface area (Å²) >= 11 is 0. The van der Waals surface area contributed by atoms with Gasteiger partial charge >= 0.3 is 6.09 Å². The van der Waals surface area contributed by atoms with E-state index in [0.717, 1.165) is 18.2 Å². The third-order valence-electron chi connectivity index (χ3n) is 5.37. The lowest BCUT2D eigenvalue weighted by Gasteiger charge is -2.25. The van der Waals surface area contributed by atoms with Gasteiger partial charge in [-0.25, -0.2) is 23.5 Å². The van der Waals surface area contributed by atoms with Crippen LogP contribution in [0, 0.1) is 11.6 Å². The molecule has 0 bridgehead atoms. The summed E-state index contributed by atoms with van der Waals surface area (Å²) in [6, 6.07) is 12.0. The second-order valence-corrected chi connectivity index (χ2v) is 9.36. The lowest BCUT2D eigenvalue weighted by Crippen LogP contribution is -2.39. The van der Waals surface area contributed by atoms with E-state index >= 15 is 0 Å². The van der Waals surface area contributed by atoms with Gasteiger partial charge in [0.1, 0.15) is 28.8 Å². The third-order valence-corrected chi connectivity index (χ3v) is 5.37. The summed E-state index contributed by atoms with van der Waals surface area (Å²) in [6.07, 6.45) is 0.620. The second-order valence-electron chi connectivity index (χ2n) is 9.36. The number of benzene rings is 2. The van der Waals surface area contributed by atoms with Crippen molar-refractivity contribution in [2.75, 3.05) is 7.11 Å². The number of amides is 1. The lowest BCUT2D eigenvalue weighted by atomic mass is 10.0. The van der Waals surface area contributed by atoms with Gasteiger partial charge in [-0.1, -0.05) is 0 Å². The maximum atomic E-state index is 14.0. The molecule has 1 amide bonds. The van der Waals surface area contributed by atoms with E-state index in [2.05, 4.69) is 15.3 Å². The Labute approximate surface area is 211 Å². The Morgan fingerprint density at radius 3 is 2.38 bits per heavy atom. The Kier molecular flexibility index (Phi) is 7.19. The minimum Gasteiger partial charge on any atom is -0.497 e. The van der Waals surface area contributed by atoms with Gasteiger partial charge < -0.3 is 14.8 Å². The van der Waals surface area contributed by atoms with Gasteiger partial charge in [-0.05, 0) is 74.9 Å². The van der Waals surface area contributed by atoms with E-state index in [1.54, 1.807) is 57.2 Å². The molecule has 2 aromatic heterocycles. The molecule has 0 aliphatic rings. The fourth-order valence-corrected chi connectivity index (χ4v) is 3.87. The number of nitrogens with zero attached hydrogens (tertiary/aromatic N) is 3. The molecule has 0 unspecified atom stereocenters. The highest BCUT2D eigenvalue weighted by molar-refractivity contribution is 5.74. The van der Waals surface area contributed by atoms with Crippen LogP contribution in [0.25, 0.3) is 16.7 Å². The Balaban J connectivity index is 1.92. The molecule has 0 fully saturated rings. The molecular weight excluding hydrogens is 482 g/mol. The van der Waals surface area contributed by atoms with Gasteiger partial charge in [-0.3, -0.25) is 9.36 Å². The van der Waals surface area contributed by atoms with Gasteiger partial charge in [0.2, 0.25) is 0 Å². The van der Waals surface area contributed by atoms with E-state index in [0.29, 0.717) is 11.4 Å². The Hall–Kier alpha value is -4.34. The quantitative estimate of drug-likeness (QED) is 0.399. The number of carbonyl (C=O) groups excluding carboxylic acids is 1. The molecule has 0 aliphatic heterocycles. The van der Waals surface area contributed by atoms with Gasteiger partial charge in [-0.2, -0.15) is 0 Å². The standard InChI is InChI=1S/C27H26F2N4O4/c1-27(2,3)37-26(35)31-22(14-16-12-17(28)15-18(29)13-16)24-32-23-21(6-5-11-30-23)25(34)33(24)19-7-9-20(36-4)10-8-19/h5-13,15,22H,14H2,1-4H3,(H,31,35)/t22-/m0/s1. The molecule has 1 atom stereocenters. The predicted molar refractivity (Wildman–Crippen MR) is 134 cm³/mol. The summed E-state index contributed by atoms with van der Waals surface area (Å²) in [5, 5.41) is 2.98. The highest BCUT2D eigenvalue weighted by Crippen LogP contribution is 2.24. The summed E-state index contributed by atoms with van der Waals surface area (Å²) in [5.74, 6) is -0.859. The zero-order valence-electron chi connectivity index (χ0n) is 20.8. The van der Waals surface area contributed by atoms with Crippen molar-refractivity contribution in [3.8, 4) is 11.4 Å². The number of rotatable bonds is 6.